The zero-order valence-corrected chi connectivity index (χ0v) is 17.8. The van der Waals surface area contributed by atoms with Crippen LogP contribution in [0.3, 0.4) is 0 Å². The highest BCUT2D eigenvalue weighted by molar-refractivity contribution is 7.89. The number of phenolic OH excluding ortho intramolecular Hbond substituents is 1. The van der Waals surface area contributed by atoms with Crippen LogP contribution in [0, 0.1) is 5.92 Å². The Bertz CT molecular complexity index is 979. The summed E-state index contributed by atoms with van der Waals surface area (Å²) in [4.78, 5) is 13.8. The number of halogens is 1. The first-order valence-corrected chi connectivity index (χ1v) is 10.6. The molecule has 0 fully saturated rings. The summed E-state index contributed by atoms with van der Waals surface area (Å²) in [5.41, 5.74) is 2.23. The van der Waals surface area contributed by atoms with Crippen molar-refractivity contribution in [3.8, 4) is 17.2 Å². The van der Waals surface area contributed by atoms with E-state index in [1.54, 1.807) is 6.07 Å². The second-order valence-electron chi connectivity index (χ2n) is 6.57. The fraction of sp³-hybridized carbons (Fsp3) is 0.316. The van der Waals surface area contributed by atoms with Crippen molar-refractivity contribution in [1.29, 1.82) is 0 Å². The molecule has 2 aromatic carbocycles. The van der Waals surface area contributed by atoms with Crippen LogP contribution < -0.4 is 19.7 Å². The maximum Gasteiger partial charge on any atom is 0.266 e. The Hall–Kier alpha value is -2.49. The molecule has 0 spiro atoms. The number of benzene rings is 2. The van der Waals surface area contributed by atoms with Gasteiger partial charge >= 0.3 is 0 Å². The van der Waals surface area contributed by atoms with E-state index in [0.717, 1.165) is 18.6 Å². The summed E-state index contributed by atoms with van der Waals surface area (Å²) in [6, 6.07) is 8.04. The van der Waals surface area contributed by atoms with Gasteiger partial charge in [0.25, 0.3) is 15.9 Å². The molecule has 0 heterocycles. The lowest BCUT2D eigenvalue weighted by molar-refractivity contribution is 0.0944. The zero-order chi connectivity index (χ0) is 21.6. The second-order valence-corrected chi connectivity index (χ2v) is 8.66. The van der Waals surface area contributed by atoms with Crippen molar-refractivity contribution >= 4 is 27.5 Å². The summed E-state index contributed by atoms with van der Waals surface area (Å²) >= 11 is 5.77. The van der Waals surface area contributed by atoms with Crippen molar-refractivity contribution in [2.45, 2.75) is 25.2 Å². The van der Waals surface area contributed by atoms with E-state index >= 15 is 0 Å². The highest BCUT2D eigenvalue weighted by Gasteiger charge is 2.21. The molecule has 0 atom stereocenters. The first kappa shape index (κ1) is 22.8. The molecule has 3 N–H and O–H groups in total. The fourth-order valence-electron chi connectivity index (χ4n) is 2.28. The molecular formula is C19H23ClN2O6S. The Kier molecular flexibility index (Phi) is 7.72. The van der Waals surface area contributed by atoms with Gasteiger partial charge in [-0.1, -0.05) is 25.4 Å². The number of hydrogen-bond donors (Lipinski definition) is 3. The summed E-state index contributed by atoms with van der Waals surface area (Å²) in [7, 11) is -2.79. The van der Waals surface area contributed by atoms with Crippen LogP contribution in [-0.4, -0.2) is 33.1 Å². The number of hydrogen-bond acceptors (Lipinski definition) is 6. The number of ether oxygens (including phenoxy) is 2. The second kappa shape index (κ2) is 9.82. The molecule has 0 saturated heterocycles. The van der Waals surface area contributed by atoms with Crippen LogP contribution in [0.4, 0.5) is 0 Å². The van der Waals surface area contributed by atoms with Gasteiger partial charge in [0.1, 0.15) is 10.6 Å². The zero-order valence-electron chi connectivity index (χ0n) is 16.2. The maximum atomic E-state index is 12.3. The molecule has 8 nitrogen and oxygen atoms in total. The number of hydrazine groups is 1. The molecular weight excluding hydrogens is 420 g/mol. The largest absolute Gasteiger partial charge is 0.507 e. The maximum absolute atomic E-state index is 12.3. The minimum absolute atomic E-state index is 0.118. The fourth-order valence-corrected chi connectivity index (χ4v) is 3.48. The first-order valence-electron chi connectivity index (χ1n) is 8.75. The number of carbonyl (C=O) groups excluding carboxylic acids is 1. The van der Waals surface area contributed by atoms with Crippen LogP contribution in [0.15, 0.2) is 41.3 Å². The SMILES string of the molecule is COc1cc(C(=O)NNS(=O)(=O)c2cc(Cl)ccc2O)ccc1OCCC(C)C. The number of rotatable bonds is 9. The van der Waals surface area contributed by atoms with Crippen molar-refractivity contribution in [3.63, 3.8) is 0 Å². The third-order valence-corrected chi connectivity index (χ3v) is 5.40. The summed E-state index contributed by atoms with van der Waals surface area (Å²) in [5, 5.41) is 9.85. The Morgan fingerprint density at radius 3 is 2.55 bits per heavy atom. The molecule has 0 aliphatic heterocycles. The lowest BCUT2D eigenvalue weighted by Gasteiger charge is -2.13. The van der Waals surface area contributed by atoms with Gasteiger partial charge in [-0.2, -0.15) is 0 Å². The third-order valence-electron chi connectivity index (χ3n) is 3.89. The normalized spacial score (nSPS) is 11.3. The van der Waals surface area contributed by atoms with E-state index < -0.39 is 26.6 Å². The number of sulfonamides is 1. The van der Waals surface area contributed by atoms with E-state index in [4.69, 9.17) is 21.1 Å². The molecule has 1 amide bonds. The van der Waals surface area contributed by atoms with Crippen molar-refractivity contribution in [2.75, 3.05) is 13.7 Å². The van der Waals surface area contributed by atoms with E-state index in [1.165, 1.54) is 25.3 Å². The molecule has 0 radical (unpaired) electrons. The van der Waals surface area contributed by atoms with Crippen LogP contribution in [0.25, 0.3) is 0 Å². The molecule has 0 aliphatic carbocycles. The molecule has 0 aliphatic rings. The van der Waals surface area contributed by atoms with Gasteiger partial charge in [0.2, 0.25) is 0 Å². The molecule has 2 rings (SSSR count). The van der Waals surface area contributed by atoms with Gasteiger partial charge in [-0.05, 0) is 48.7 Å². The van der Waals surface area contributed by atoms with Gasteiger partial charge in [-0.3, -0.25) is 10.2 Å². The average Bonchev–Trinajstić information content (AvgIpc) is 2.67. The Labute approximate surface area is 174 Å². The van der Waals surface area contributed by atoms with E-state index in [1.807, 2.05) is 4.83 Å². The molecule has 0 aromatic heterocycles. The van der Waals surface area contributed by atoms with Crippen LogP contribution in [-0.2, 0) is 10.0 Å². The van der Waals surface area contributed by atoms with Crippen LogP contribution in [0.5, 0.6) is 17.2 Å². The summed E-state index contributed by atoms with van der Waals surface area (Å²) < 4.78 is 35.5. The summed E-state index contributed by atoms with van der Waals surface area (Å²) in [5.74, 6) is 0.0896. The topological polar surface area (TPSA) is 114 Å². The average molecular weight is 443 g/mol. The minimum atomic E-state index is -4.23. The number of aromatic hydroxyl groups is 1. The van der Waals surface area contributed by atoms with Crippen molar-refractivity contribution in [2.24, 2.45) is 5.92 Å². The van der Waals surface area contributed by atoms with Gasteiger partial charge in [-0.25, -0.2) is 8.42 Å². The third kappa shape index (κ3) is 6.25. The highest BCUT2D eigenvalue weighted by atomic mass is 35.5. The molecule has 0 saturated carbocycles. The number of nitrogens with one attached hydrogen (secondary N) is 2. The van der Waals surface area contributed by atoms with Crippen molar-refractivity contribution < 1.29 is 27.8 Å². The lowest BCUT2D eigenvalue weighted by atomic mass is 10.1. The number of methoxy groups -OCH3 is 1. The minimum Gasteiger partial charge on any atom is -0.507 e. The molecule has 0 unspecified atom stereocenters. The highest BCUT2D eigenvalue weighted by Crippen LogP contribution is 2.29. The molecule has 0 bridgehead atoms. The number of carbonyl (C=O) groups is 1. The van der Waals surface area contributed by atoms with Crippen molar-refractivity contribution in [1.82, 2.24) is 10.3 Å². The van der Waals surface area contributed by atoms with Crippen molar-refractivity contribution in [3.05, 3.63) is 47.0 Å². The monoisotopic (exact) mass is 442 g/mol. The van der Waals surface area contributed by atoms with Gasteiger partial charge in [0, 0.05) is 10.6 Å². The smallest absolute Gasteiger partial charge is 0.266 e. The number of phenols is 1. The van der Waals surface area contributed by atoms with E-state index in [0.29, 0.717) is 24.0 Å². The van der Waals surface area contributed by atoms with Crippen LogP contribution in [0.2, 0.25) is 5.02 Å². The van der Waals surface area contributed by atoms with Gasteiger partial charge < -0.3 is 14.6 Å². The van der Waals surface area contributed by atoms with E-state index in [-0.39, 0.29) is 10.6 Å². The molecule has 158 valence electrons. The quantitative estimate of drug-likeness (QED) is 0.514. The first-order chi connectivity index (χ1) is 13.6. The predicted molar refractivity (Wildman–Crippen MR) is 109 cm³/mol. The lowest BCUT2D eigenvalue weighted by Crippen LogP contribution is -2.41. The Morgan fingerprint density at radius 2 is 1.90 bits per heavy atom. The Morgan fingerprint density at radius 1 is 1.17 bits per heavy atom. The number of amides is 1. The predicted octanol–water partition coefficient (Wildman–Crippen LogP) is 3.10. The van der Waals surface area contributed by atoms with Gasteiger partial charge in [0.15, 0.2) is 11.5 Å². The Balaban J connectivity index is 2.09. The van der Waals surface area contributed by atoms with E-state index in [2.05, 4.69) is 19.3 Å². The van der Waals surface area contributed by atoms with E-state index in [9.17, 15) is 18.3 Å². The summed E-state index contributed by atoms with van der Waals surface area (Å²) in [6.07, 6.45) is 0.865. The summed E-state index contributed by atoms with van der Waals surface area (Å²) in [6.45, 7) is 4.67. The molecule has 2 aromatic rings. The van der Waals surface area contributed by atoms with Gasteiger partial charge in [0.05, 0.1) is 13.7 Å². The van der Waals surface area contributed by atoms with Crippen LogP contribution in [0.1, 0.15) is 30.6 Å². The molecule has 29 heavy (non-hydrogen) atoms. The standard InChI is InChI=1S/C19H23ClN2O6S/c1-12(2)8-9-28-16-7-4-13(10-17(16)27-3)19(24)21-22-29(25,26)18-11-14(20)5-6-15(18)23/h4-7,10-12,22-23H,8-9H2,1-3H3,(H,21,24). The van der Waals surface area contributed by atoms with Crippen LogP contribution >= 0.6 is 11.6 Å². The van der Waals surface area contributed by atoms with Gasteiger partial charge in [-0.15, -0.1) is 4.83 Å². The molecule has 10 heteroatoms.